The highest BCUT2D eigenvalue weighted by molar-refractivity contribution is 5.77. The van der Waals surface area contributed by atoms with Crippen molar-refractivity contribution in [2.75, 3.05) is 18.5 Å². The van der Waals surface area contributed by atoms with Crippen molar-refractivity contribution in [2.45, 2.75) is 6.18 Å². The van der Waals surface area contributed by atoms with Gasteiger partial charge in [-0.25, -0.2) is 4.79 Å². The molecule has 4 nitrogen and oxygen atoms in total. The molecule has 98 valence electrons. The maximum atomic E-state index is 12.3. The van der Waals surface area contributed by atoms with Crippen molar-refractivity contribution in [3.63, 3.8) is 0 Å². The Morgan fingerprint density at radius 1 is 1.39 bits per heavy atom. The summed E-state index contributed by atoms with van der Waals surface area (Å²) in [6, 6.07) is 4.46. The third kappa shape index (κ3) is 2.34. The van der Waals surface area contributed by atoms with Crippen LogP contribution in [0.15, 0.2) is 27.4 Å². The van der Waals surface area contributed by atoms with Crippen LogP contribution in [0.1, 0.15) is 0 Å². The first kappa shape index (κ1) is 12.5. The minimum Gasteiger partial charge on any atom is -0.408 e. The normalized spacial score (nSPS) is 12.1. The number of nitrogens with zero attached hydrogens (tertiary/aromatic N) is 2. The van der Waals surface area contributed by atoms with Gasteiger partial charge in [-0.2, -0.15) is 13.2 Å². The number of fused-ring (bicyclic) bond motifs is 1. The SMILES string of the molecule is CN(CC(F)(F)F)c1ccc2oc(=O)n(C)c2c1. The Bertz CT molecular complexity index is 627. The Morgan fingerprint density at radius 3 is 2.67 bits per heavy atom. The summed E-state index contributed by atoms with van der Waals surface area (Å²) in [4.78, 5) is 12.3. The molecular formula is C11H11F3N2O2. The highest BCUT2D eigenvalue weighted by Gasteiger charge is 2.29. The summed E-state index contributed by atoms with van der Waals surface area (Å²) in [5.74, 6) is -0.541. The van der Waals surface area contributed by atoms with Gasteiger partial charge in [-0.15, -0.1) is 0 Å². The molecule has 2 aromatic rings. The molecule has 2 rings (SSSR count). The van der Waals surface area contributed by atoms with Gasteiger partial charge in [-0.1, -0.05) is 0 Å². The molecule has 0 spiro atoms. The van der Waals surface area contributed by atoms with Gasteiger partial charge in [0.15, 0.2) is 5.58 Å². The molecule has 1 heterocycles. The predicted octanol–water partition coefficient (Wildman–Crippen LogP) is 2.13. The Morgan fingerprint density at radius 2 is 2.06 bits per heavy atom. The van der Waals surface area contributed by atoms with Crippen molar-refractivity contribution < 1.29 is 17.6 Å². The van der Waals surface area contributed by atoms with E-state index in [0.717, 1.165) is 4.90 Å². The summed E-state index contributed by atoms with van der Waals surface area (Å²) < 4.78 is 43.0. The van der Waals surface area contributed by atoms with Crippen molar-refractivity contribution in [2.24, 2.45) is 7.05 Å². The second kappa shape index (κ2) is 4.08. The van der Waals surface area contributed by atoms with Crippen LogP contribution < -0.4 is 10.7 Å². The zero-order chi connectivity index (χ0) is 13.5. The van der Waals surface area contributed by atoms with Crippen LogP contribution in [0.3, 0.4) is 0 Å². The summed E-state index contributed by atoms with van der Waals surface area (Å²) in [5.41, 5.74) is 1.19. The van der Waals surface area contributed by atoms with E-state index in [0.29, 0.717) is 16.8 Å². The number of rotatable bonds is 2. The summed E-state index contributed by atoms with van der Waals surface area (Å²) >= 11 is 0. The maximum Gasteiger partial charge on any atom is 0.419 e. The Balaban J connectivity index is 2.40. The van der Waals surface area contributed by atoms with Gasteiger partial charge in [0.2, 0.25) is 0 Å². The fraction of sp³-hybridized carbons (Fsp3) is 0.364. The van der Waals surface area contributed by atoms with E-state index in [-0.39, 0.29) is 0 Å². The van der Waals surface area contributed by atoms with Crippen molar-refractivity contribution in [3.8, 4) is 0 Å². The van der Waals surface area contributed by atoms with Crippen LogP contribution in [0.4, 0.5) is 18.9 Å². The molecule has 0 radical (unpaired) electrons. The van der Waals surface area contributed by atoms with Crippen molar-refractivity contribution in [1.29, 1.82) is 0 Å². The number of halogens is 3. The maximum absolute atomic E-state index is 12.3. The molecule has 0 unspecified atom stereocenters. The number of anilines is 1. The van der Waals surface area contributed by atoms with Crippen LogP contribution in [0, 0.1) is 0 Å². The summed E-state index contributed by atoms with van der Waals surface area (Å²) in [6.45, 7) is -1.05. The van der Waals surface area contributed by atoms with E-state index in [9.17, 15) is 18.0 Å². The number of aromatic nitrogens is 1. The van der Waals surface area contributed by atoms with E-state index in [2.05, 4.69) is 0 Å². The third-order valence-electron chi connectivity index (χ3n) is 2.63. The first-order valence-electron chi connectivity index (χ1n) is 5.15. The van der Waals surface area contributed by atoms with E-state index < -0.39 is 18.5 Å². The molecule has 0 aliphatic rings. The molecule has 0 saturated carbocycles. The van der Waals surface area contributed by atoms with Crippen LogP contribution >= 0.6 is 0 Å². The number of benzene rings is 1. The lowest BCUT2D eigenvalue weighted by Crippen LogP contribution is -2.30. The van der Waals surface area contributed by atoms with Crippen molar-refractivity contribution in [3.05, 3.63) is 28.7 Å². The van der Waals surface area contributed by atoms with E-state index in [1.807, 2.05) is 0 Å². The van der Waals surface area contributed by atoms with Gasteiger partial charge >= 0.3 is 11.9 Å². The highest BCUT2D eigenvalue weighted by atomic mass is 19.4. The molecule has 1 aromatic carbocycles. The fourth-order valence-electron chi connectivity index (χ4n) is 1.71. The Labute approximate surface area is 100 Å². The van der Waals surface area contributed by atoms with Gasteiger partial charge in [0.1, 0.15) is 6.54 Å². The fourth-order valence-corrected chi connectivity index (χ4v) is 1.71. The number of hydrogen-bond acceptors (Lipinski definition) is 3. The molecule has 7 heteroatoms. The van der Waals surface area contributed by atoms with Crippen molar-refractivity contribution >= 4 is 16.8 Å². The van der Waals surface area contributed by atoms with Gasteiger partial charge in [0.25, 0.3) is 0 Å². The highest BCUT2D eigenvalue weighted by Crippen LogP contribution is 2.24. The molecule has 18 heavy (non-hydrogen) atoms. The summed E-state index contributed by atoms with van der Waals surface area (Å²) in [7, 11) is 2.84. The summed E-state index contributed by atoms with van der Waals surface area (Å²) in [5, 5.41) is 0. The van der Waals surface area contributed by atoms with E-state index in [4.69, 9.17) is 4.42 Å². The number of hydrogen-bond donors (Lipinski definition) is 0. The monoisotopic (exact) mass is 260 g/mol. The zero-order valence-electron chi connectivity index (χ0n) is 9.78. The minimum atomic E-state index is -4.27. The minimum absolute atomic E-state index is 0.353. The zero-order valence-corrected chi connectivity index (χ0v) is 9.78. The molecule has 0 atom stereocenters. The second-order valence-electron chi connectivity index (χ2n) is 4.05. The van der Waals surface area contributed by atoms with Gasteiger partial charge in [-0.3, -0.25) is 4.57 Å². The van der Waals surface area contributed by atoms with Gasteiger partial charge < -0.3 is 9.32 Å². The Hall–Kier alpha value is -1.92. The standard InChI is InChI=1S/C11H11F3N2O2/c1-15(6-11(12,13)14)7-3-4-9-8(5-7)16(2)10(17)18-9/h3-5H,6H2,1-2H3. The first-order chi connectivity index (χ1) is 8.28. The lowest BCUT2D eigenvalue weighted by Gasteiger charge is -2.20. The first-order valence-corrected chi connectivity index (χ1v) is 5.15. The topological polar surface area (TPSA) is 38.4 Å². The van der Waals surface area contributed by atoms with Crippen LogP contribution in [0.2, 0.25) is 0 Å². The molecule has 0 fully saturated rings. The molecule has 0 aliphatic heterocycles. The molecule has 1 aromatic heterocycles. The van der Waals surface area contributed by atoms with Gasteiger partial charge in [-0.05, 0) is 18.2 Å². The van der Waals surface area contributed by atoms with Crippen LogP contribution in [0.5, 0.6) is 0 Å². The second-order valence-corrected chi connectivity index (χ2v) is 4.05. The van der Waals surface area contributed by atoms with Crippen LogP contribution in [-0.4, -0.2) is 24.3 Å². The lowest BCUT2D eigenvalue weighted by atomic mass is 10.2. The average molecular weight is 260 g/mol. The molecule has 0 aliphatic carbocycles. The van der Waals surface area contributed by atoms with Gasteiger partial charge in [0, 0.05) is 19.8 Å². The van der Waals surface area contributed by atoms with Gasteiger partial charge in [0.05, 0.1) is 5.52 Å². The molecule has 0 amide bonds. The smallest absolute Gasteiger partial charge is 0.408 e. The molecule has 0 saturated heterocycles. The van der Waals surface area contributed by atoms with E-state index in [1.165, 1.54) is 36.9 Å². The lowest BCUT2D eigenvalue weighted by molar-refractivity contribution is -0.119. The number of oxazole rings is 1. The van der Waals surface area contributed by atoms with Crippen molar-refractivity contribution in [1.82, 2.24) is 4.57 Å². The predicted molar refractivity (Wildman–Crippen MR) is 60.8 cm³/mol. The largest absolute Gasteiger partial charge is 0.419 e. The van der Waals surface area contributed by atoms with Crippen LogP contribution in [-0.2, 0) is 7.05 Å². The number of aryl methyl sites for hydroxylation is 1. The van der Waals surface area contributed by atoms with E-state index >= 15 is 0 Å². The Kier molecular flexibility index (Phi) is 2.84. The third-order valence-corrected chi connectivity index (χ3v) is 2.63. The molecule has 0 bridgehead atoms. The number of alkyl halides is 3. The van der Waals surface area contributed by atoms with Crippen LogP contribution in [0.25, 0.3) is 11.1 Å². The molecule has 0 N–H and O–H groups in total. The average Bonchev–Trinajstić information content (AvgIpc) is 2.52. The summed E-state index contributed by atoms with van der Waals surface area (Å²) in [6.07, 6.45) is -4.27. The molecular weight excluding hydrogens is 249 g/mol. The van der Waals surface area contributed by atoms with E-state index in [1.54, 1.807) is 0 Å². The quantitative estimate of drug-likeness (QED) is 0.830.